The number of benzene rings is 3. The summed E-state index contributed by atoms with van der Waals surface area (Å²) < 4.78 is 0. The maximum absolute atomic E-state index is 12.8. The second-order valence-electron chi connectivity index (χ2n) is 13.3. The largest absolute Gasteiger partial charge is 0.506 e. The molecular formula is C40H44N6O6. The highest BCUT2D eigenvalue weighted by Gasteiger charge is 2.30. The lowest BCUT2D eigenvalue weighted by molar-refractivity contribution is -0.116. The molecule has 2 aromatic heterocycles. The van der Waals surface area contributed by atoms with Gasteiger partial charge in [0.15, 0.2) is 0 Å². The Bertz CT molecular complexity index is 2060. The fourth-order valence-electron chi connectivity index (χ4n) is 6.89. The predicted molar refractivity (Wildman–Crippen MR) is 201 cm³/mol. The minimum absolute atomic E-state index is 0.0685. The molecule has 2 heterocycles. The molecule has 270 valence electrons. The second kappa shape index (κ2) is 16.6. The molecule has 1 atom stereocenters. The number of carboxylic acid groups (broad SMARTS) is 1. The van der Waals surface area contributed by atoms with Gasteiger partial charge < -0.3 is 36.7 Å². The van der Waals surface area contributed by atoms with E-state index in [2.05, 4.69) is 20.6 Å². The zero-order chi connectivity index (χ0) is 36.6. The van der Waals surface area contributed by atoms with Crippen LogP contribution in [0.5, 0.6) is 5.75 Å². The zero-order valence-electron chi connectivity index (χ0n) is 28.8. The number of nitrogens with two attached hydrogens (primary N) is 1. The van der Waals surface area contributed by atoms with E-state index in [4.69, 9.17) is 5.73 Å². The molecule has 0 bridgehead atoms. The van der Waals surface area contributed by atoms with Crippen LogP contribution < -0.4 is 26.8 Å². The molecule has 1 fully saturated rings. The molecule has 12 heteroatoms. The maximum Gasteiger partial charge on any atom is 0.412 e. The third kappa shape index (κ3) is 8.83. The number of aryl methyl sites for hydroxylation is 1. The van der Waals surface area contributed by atoms with Crippen LogP contribution in [0, 0.1) is 0 Å². The minimum atomic E-state index is -0.982. The van der Waals surface area contributed by atoms with Crippen molar-refractivity contribution in [3.8, 4) is 16.9 Å². The second-order valence-corrected chi connectivity index (χ2v) is 13.3. The van der Waals surface area contributed by atoms with Gasteiger partial charge in [0.25, 0.3) is 0 Å². The first-order valence-electron chi connectivity index (χ1n) is 17.6. The third-order valence-electron chi connectivity index (χ3n) is 9.61. The van der Waals surface area contributed by atoms with Crippen LogP contribution in [0.4, 0.5) is 16.2 Å². The summed E-state index contributed by atoms with van der Waals surface area (Å²) in [5, 5.41) is 37.9. The number of aliphatic hydroxyl groups is 1. The van der Waals surface area contributed by atoms with E-state index in [9.17, 15) is 29.7 Å². The van der Waals surface area contributed by atoms with E-state index in [0.717, 1.165) is 29.5 Å². The lowest BCUT2D eigenvalue weighted by Crippen LogP contribution is -2.44. The van der Waals surface area contributed by atoms with Crippen LogP contribution >= 0.6 is 0 Å². The number of rotatable bonds is 13. The summed E-state index contributed by atoms with van der Waals surface area (Å²) in [6, 6.07) is 25.2. The summed E-state index contributed by atoms with van der Waals surface area (Å²) in [7, 11) is 0. The van der Waals surface area contributed by atoms with Crippen LogP contribution in [0.15, 0.2) is 95.9 Å². The normalized spacial score (nSPS) is 16.3. The minimum Gasteiger partial charge on any atom is -0.506 e. The molecule has 0 radical (unpaired) electrons. The number of nitrogens with one attached hydrogen (secondary N) is 3. The summed E-state index contributed by atoms with van der Waals surface area (Å²) in [5.41, 5.74) is 11.3. The van der Waals surface area contributed by atoms with Gasteiger partial charge in [0.2, 0.25) is 11.5 Å². The van der Waals surface area contributed by atoms with Gasteiger partial charge in [0.1, 0.15) is 5.75 Å². The number of carbonyl (C=O) groups is 2. The van der Waals surface area contributed by atoms with Crippen LogP contribution in [-0.2, 0) is 17.8 Å². The van der Waals surface area contributed by atoms with E-state index < -0.39 is 12.2 Å². The van der Waals surface area contributed by atoms with Crippen LogP contribution in [0.1, 0.15) is 61.4 Å². The molecular weight excluding hydrogens is 660 g/mol. The van der Waals surface area contributed by atoms with Gasteiger partial charge in [-0.2, -0.15) is 0 Å². The van der Waals surface area contributed by atoms with Gasteiger partial charge in [-0.25, -0.2) is 4.79 Å². The summed E-state index contributed by atoms with van der Waals surface area (Å²) in [4.78, 5) is 45.7. The van der Waals surface area contributed by atoms with Crippen molar-refractivity contribution in [3.05, 3.63) is 118 Å². The number of aliphatic hydroxyl groups excluding tert-OH is 1. The lowest BCUT2D eigenvalue weighted by atomic mass is 9.89. The molecule has 52 heavy (non-hydrogen) atoms. The van der Waals surface area contributed by atoms with Gasteiger partial charge in [-0.3, -0.25) is 19.5 Å². The van der Waals surface area contributed by atoms with E-state index in [0.29, 0.717) is 60.2 Å². The summed E-state index contributed by atoms with van der Waals surface area (Å²) in [5.74, 6) is -0.217. The van der Waals surface area contributed by atoms with Crippen LogP contribution in [-0.4, -0.2) is 55.9 Å². The highest BCUT2D eigenvalue weighted by molar-refractivity contribution is 5.94. The van der Waals surface area contributed by atoms with Gasteiger partial charge in [-0.05, 0) is 85.5 Å². The maximum atomic E-state index is 12.8. The molecule has 0 unspecified atom stereocenters. The fourth-order valence-corrected chi connectivity index (χ4v) is 6.89. The Morgan fingerprint density at radius 2 is 1.77 bits per heavy atom. The van der Waals surface area contributed by atoms with Crippen molar-refractivity contribution in [1.29, 1.82) is 0 Å². The SMILES string of the molecule is NC1CCC(N(C(=O)O)c2cc(CCCC(=O)Nc3ccc(CNC[C@H](O)c4ccc(O)c5[nH]c(=O)ccc45)nc3)ccc2-c2ccccc2)CC1. The average molecular weight is 705 g/mol. The van der Waals surface area contributed by atoms with E-state index >= 15 is 0 Å². The van der Waals surface area contributed by atoms with E-state index in [1.165, 1.54) is 17.0 Å². The fraction of sp³-hybridized carbons (Fsp3) is 0.300. The zero-order valence-corrected chi connectivity index (χ0v) is 28.8. The number of aromatic amines is 1. The number of fused-ring (bicyclic) bond motifs is 1. The Hall–Kier alpha value is -5.56. The molecule has 5 aromatic rings. The summed E-state index contributed by atoms with van der Waals surface area (Å²) in [6.07, 6.45) is 4.16. The van der Waals surface area contributed by atoms with Crippen molar-refractivity contribution in [2.45, 2.75) is 69.7 Å². The van der Waals surface area contributed by atoms with E-state index in [-0.39, 0.29) is 47.8 Å². The number of hydrogen-bond acceptors (Lipinski definition) is 8. The van der Waals surface area contributed by atoms with Gasteiger partial charge in [0, 0.05) is 48.6 Å². The molecule has 8 N–H and O–H groups in total. The number of nitrogens with zero attached hydrogens (tertiary/aromatic N) is 2. The number of pyridine rings is 2. The first kappa shape index (κ1) is 36.2. The molecule has 1 aliphatic carbocycles. The number of anilines is 2. The van der Waals surface area contributed by atoms with Gasteiger partial charge in [-0.1, -0.05) is 48.5 Å². The number of amides is 2. The van der Waals surface area contributed by atoms with Crippen LogP contribution in [0.2, 0.25) is 0 Å². The highest BCUT2D eigenvalue weighted by atomic mass is 16.4. The Balaban J connectivity index is 1.02. The van der Waals surface area contributed by atoms with E-state index in [1.54, 1.807) is 30.5 Å². The molecule has 12 nitrogen and oxygen atoms in total. The summed E-state index contributed by atoms with van der Waals surface area (Å²) >= 11 is 0. The van der Waals surface area contributed by atoms with E-state index in [1.807, 2.05) is 48.5 Å². The number of hydrogen-bond donors (Lipinski definition) is 7. The molecule has 2 amide bonds. The van der Waals surface area contributed by atoms with Crippen LogP contribution in [0.3, 0.4) is 0 Å². The van der Waals surface area contributed by atoms with Crippen LogP contribution in [0.25, 0.3) is 22.0 Å². The molecule has 0 saturated heterocycles. The van der Waals surface area contributed by atoms with Crippen molar-refractivity contribution < 1.29 is 24.9 Å². The average Bonchev–Trinajstić information content (AvgIpc) is 3.14. The smallest absolute Gasteiger partial charge is 0.412 e. The Labute approximate surface area is 301 Å². The monoisotopic (exact) mass is 704 g/mol. The first-order chi connectivity index (χ1) is 25.2. The highest BCUT2D eigenvalue weighted by Crippen LogP contribution is 2.36. The number of phenols is 1. The number of aromatic nitrogens is 2. The van der Waals surface area contributed by atoms with Crippen molar-refractivity contribution in [2.75, 3.05) is 16.8 Å². The first-order valence-corrected chi connectivity index (χ1v) is 17.6. The van der Waals surface area contributed by atoms with Gasteiger partial charge in [-0.15, -0.1) is 0 Å². The standard InChI is InChI=1S/C40H44N6O6/c41-27-10-14-30(15-11-27)46(40(51)52)34-21-25(9-16-31(34)26-6-2-1-3-7-26)5-4-8-37(49)44-29-13-12-28(43-23-29)22-42-24-36(48)32-17-19-35(47)39-33(32)18-20-38(50)45-39/h1-3,6-7,9,12-13,16-21,23,27,30,36,42,47-48H,4-5,8,10-11,14-15,22,24,41H2,(H,44,49)(H,45,50)(H,51,52)/t27?,30?,36-/m0/s1. The number of carbonyl (C=O) groups excluding carboxylic acids is 1. The molecule has 0 aliphatic heterocycles. The Morgan fingerprint density at radius 3 is 2.50 bits per heavy atom. The van der Waals surface area contributed by atoms with Gasteiger partial charge in [0.05, 0.1) is 34.9 Å². The van der Waals surface area contributed by atoms with Gasteiger partial charge >= 0.3 is 6.09 Å². The molecule has 1 aliphatic rings. The number of phenolic OH excluding ortho intramolecular Hbond substituents is 1. The summed E-state index contributed by atoms with van der Waals surface area (Å²) in [6.45, 7) is 0.579. The third-order valence-corrected chi connectivity index (χ3v) is 9.61. The Kier molecular flexibility index (Phi) is 11.6. The van der Waals surface area contributed by atoms with Crippen molar-refractivity contribution in [2.24, 2.45) is 5.73 Å². The predicted octanol–water partition coefficient (Wildman–Crippen LogP) is 5.83. The number of aromatic hydroxyl groups is 1. The molecule has 3 aromatic carbocycles. The molecule has 1 saturated carbocycles. The number of H-pyrrole nitrogens is 1. The topological polar surface area (TPSA) is 194 Å². The van der Waals surface area contributed by atoms with Crippen molar-refractivity contribution >= 4 is 34.3 Å². The quantitative estimate of drug-likeness (QED) is 0.0789. The van der Waals surface area contributed by atoms with Crippen molar-refractivity contribution in [1.82, 2.24) is 15.3 Å². The van der Waals surface area contributed by atoms with Crippen molar-refractivity contribution in [3.63, 3.8) is 0 Å². The molecule has 6 rings (SSSR count). The molecule has 0 spiro atoms. The Morgan fingerprint density at radius 1 is 0.981 bits per heavy atom. The lowest BCUT2D eigenvalue weighted by Gasteiger charge is -2.35.